The number of hydrogen-bond acceptors (Lipinski definition) is 2. The van der Waals surface area contributed by atoms with Crippen LogP contribution in [0.3, 0.4) is 0 Å². The van der Waals surface area contributed by atoms with Crippen LogP contribution >= 0.6 is 7.53 Å². The molecule has 1 atom stereocenters. The maximum atomic E-state index is 5.10. The minimum atomic E-state index is -0.375. The molecule has 7 aromatic carbocycles. The molecule has 0 aliphatic rings. The van der Waals surface area contributed by atoms with E-state index in [0.717, 1.165) is 39.0 Å². The van der Waals surface area contributed by atoms with Gasteiger partial charge in [-0.3, -0.25) is 0 Å². The van der Waals surface area contributed by atoms with Gasteiger partial charge < -0.3 is 0 Å². The minimum Gasteiger partial charge on any atom is -0.219 e. The standard InChI is InChI=1S/C47H32N3P/c1-51-43-21-11-10-19-40(43)45-39(20-12-22-44(45)51)42-28-36(27-35-17-8-9-18-38(35)42)32-23-25-34(26-24-32)46-48-47-41(33-15-6-3-7-16-33)29-37(30-50(47)49-46)31-13-4-2-5-14-31/h2-30H,1H3. The molecule has 0 aliphatic heterocycles. The second-order valence-corrected chi connectivity index (χ2v) is 15.3. The second-order valence-electron chi connectivity index (χ2n) is 13.2. The Kier molecular flexibility index (Phi) is 6.94. The summed E-state index contributed by atoms with van der Waals surface area (Å²) < 4.78 is 1.93. The number of hydrogen-bond donors (Lipinski definition) is 0. The minimum absolute atomic E-state index is 0.375. The molecule has 0 aliphatic carbocycles. The van der Waals surface area contributed by atoms with Gasteiger partial charge in [0.25, 0.3) is 0 Å². The van der Waals surface area contributed by atoms with Crippen LogP contribution in [0.2, 0.25) is 0 Å². The Bertz CT molecular complexity index is 2900. The number of pyridine rings is 1. The van der Waals surface area contributed by atoms with Crippen LogP contribution < -0.4 is 0 Å². The third-order valence-electron chi connectivity index (χ3n) is 10.2. The molecule has 0 fully saturated rings. The third kappa shape index (κ3) is 4.97. The molecule has 3 aromatic heterocycles. The zero-order valence-electron chi connectivity index (χ0n) is 28.0. The average molecular weight is 670 g/mol. The molecular weight excluding hydrogens is 638 g/mol. The van der Waals surface area contributed by atoms with Gasteiger partial charge in [0.2, 0.25) is 0 Å². The Morgan fingerprint density at radius 1 is 0.451 bits per heavy atom. The Labute approximate surface area is 297 Å². The molecule has 0 bridgehead atoms. The lowest BCUT2D eigenvalue weighted by molar-refractivity contribution is 0.968. The predicted molar refractivity (Wildman–Crippen MR) is 216 cm³/mol. The van der Waals surface area contributed by atoms with Crippen LogP contribution in [-0.2, 0) is 6.66 Å². The molecule has 3 heterocycles. The topological polar surface area (TPSA) is 30.2 Å². The SMILES string of the molecule is Cp1c2ccccc2c2c(-c3cc(-c4ccc(-c5nc6c(-c7ccccc7)cc(-c7ccccc7)cn6n5)cc4)cc4ccccc34)cccc21. The Balaban J connectivity index is 1.09. The van der Waals surface area contributed by atoms with E-state index in [2.05, 4.69) is 171 Å². The van der Waals surface area contributed by atoms with Gasteiger partial charge in [-0.1, -0.05) is 152 Å². The molecule has 3 nitrogen and oxygen atoms in total. The van der Waals surface area contributed by atoms with Crippen LogP contribution in [0.15, 0.2) is 176 Å². The van der Waals surface area contributed by atoms with Crippen molar-refractivity contribution in [2.45, 2.75) is 0 Å². The van der Waals surface area contributed by atoms with Crippen molar-refractivity contribution in [1.82, 2.24) is 14.6 Å². The van der Waals surface area contributed by atoms with E-state index in [9.17, 15) is 0 Å². The molecule has 4 heteroatoms. The van der Waals surface area contributed by atoms with Crippen molar-refractivity contribution >= 4 is 45.0 Å². The molecular formula is C47H32N3P. The maximum absolute atomic E-state index is 5.10. The summed E-state index contributed by atoms with van der Waals surface area (Å²) in [5, 5.41) is 13.2. The normalized spacial score (nSPS) is 12.0. The average Bonchev–Trinajstić information content (AvgIpc) is 3.77. The van der Waals surface area contributed by atoms with Gasteiger partial charge in [0.15, 0.2) is 11.5 Å². The molecule has 51 heavy (non-hydrogen) atoms. The first kappa shape index (κ1) is 29.6. The molecule has 1 unspecified atom stereocenters. The highest BCUT2D eigenvalue weighted by atomic mass is 31.1. The summed E-state index contributed by atoms with van der Waals surface area (Å²) in [6.07, 6.45) is 2.08. The van der Waals surface area contributed by atoms with E-state index >= 15 is 0 Å². The fourth-order valence-electron chi connectivity index (χ4n) is 7.67. The van der Waals surface area contributed by atoms with Crippen molar-refractivity contribution < 1.29 is 0 Å². The fourth-order valence-corrected chi connectivity index (χ4v) is 9.68. The summed E-state index contributed by atoms with van der Waals surface area (Å²) in [6, 6.07) is 61.2. The summed E-state index contributed by atoms with van der Waals surface area (Å²) in [4.78, 5) is 5.10. The van der Waals surface area contributed by atoms with Crippen LogP contribution in [0, 0.1) is 0 Å². The Morgan fingerprint density at radius 2 is 1.08 bits per heavy atom. The lowest BCUT2D eigenvalue weighted by Gasteiger charge is -2.13. The van der Waals surface area contributed by atoms with Crippen molar-refractivity contribution in [3.63, 3.8) is 0 Å². The van der Waals surface area contributed by atoms with Gasteiger partial charge in [-0.2, -0.15) is 0 Å². The summed E-state index contributed by atoms with van der Waals surface area (Å²) in [5.41, 5.74) is 11.2. The van der Waals surface area contributed by atoms with E-state index in [1.54, 1.807) is 0 Å². The number of nitrogens with zero attached hydrogens (tertiary/aromatic N) is 3. The van der Waals surface area contributed by atoms with E-state index in [1.807, 2.05) is 16.6 Å². The molecule has 0 radical (unpaired) electrons. The van der Waals surface area contributed by atoms with Crippen LogP contribution in [0.1, 0.15) is 0 Å². The van der Waals surface area contributed by atoms with E-state index in [1.165, 1.54) is 48.5 Å². The number of rotatable bonds is 5. The lowest BCUT2D eigenvalue weighted by Crippen LogP contribution is -1.93. The van der Waals surface area contributed by atoms with Crippen LogP contribution in [0.4, 0.5) is 0 Å². The zero-order valence-corrected chi connectivity index (χ0v) is 28.9. The summed E-state index contributed by atoms with van der Waals surface area (Å²) in [5.74, 6) is 0.706. The first-order chi connectivity index (χ1) is 25.2. The quantitative estimate of drug-likeness (QED) is 0.183. The first-order valence-electron chi connectivity index (χ1n) is 17.3. The van der Waals surface area contributed by atoms with E-state index in [-0.39, 0.29) is 7.53 Å². The van der Waals surface area contributed by atoms with Gasteiger partial charge >= 0.3 is 0 Å². The first-order valence-corrected chi connectivity index (χ1v) is 19.1. The van der Waals surface area contributed by atoms with Crippen molar-refractivity contribution in [3.05, 3.63) is 176 Å². The van der Waals surface area contributed by atoms with Gasteiger partial charge in [0.1, 0.15) is 0 Å². The Morgan fingerprint density at radius 3 is 1.88 bits per heavy atom. The number of aryl methyl sites for hydroxylation is 1. The van der Waals surface area contributed by atoms with Crippen molar-refractivity contribution in [3.8, 4) is 55.9 Å². The van der Waals surface area contributed by atoms with Gasteiger partial charge in [0, 0.05) is 38.5 Å². The van der Waals surface area contributed by atoms with Gasteiger partial charge in [-0.25, -0.2) is 9.50 Å². The molecule has 0 saturated carbocycles. The predicted octanol–water partition coefficient (Wildman–Crippen LogP) is 13.0. The number of benzene rings is 7. The second kappa shape index (κ2) is 11.9. The highest BCUT2D eigenvalue weighted by molar-refractivity contribution is 7.59. The molecule has 0 N–H and O–H groups in total. The van der Waals surface area contributed by atoms with Gasteiger partial charge in [0.05, 0.1) is 0 Å². The highest BCUT2D eigenvalue weighted by Crippen LogP contribution is 2.50. The smallest absolute Gasteiger partial charge is 0.182 e. The van der Waals surface area contributed by atoms with Crippen LogP contribution in [-0.4, -0.2) is 14.6 Å². The van der Waals surface area contributed by atoms with Crippen molar-refractivity contribution in [2.24, 2.45) is 6.66 Å². The highest BCUT2D eigenvalue weighted by Gasteiger charge is 2.17. The fraction of sp³-hybridized carbons (Fsp3) is 0.0213. The van der Waals surface area contributed by atoms with E-state index in [0.29, 0.717) is 5.82 Å². The van der Waals surface area contributed by atoms with Gasteiger partial charge in [-0.15, -0.1) is 12.6 Å². The lowest BCUT2D eigenvalue weighted by atomic mass is 9.91. The number of fused-ring (bicyclic) bond motifs is 5. The van der Waals surface area contributed by atoms with E-state index in [4.69, 9.17) is 10.1 Å². The Hall–Kier alpha value is -6.28. The third-order valence-corrected chi connectivity index (χ3v) is 12.4. The molecule has 0 amide bonds. The molecule has 240 valence electrons. The van der Waals surface area contributed by atoms with Gasteiger partial charge in [-0.05, 0) is 74.4 Å². The summed E-state index contributed by atoms with van der Waals surface area (Å²) in [6.45, 7) is 2.39. The van der Waals surface area contributed by atoms with Crippen molar-refractivity contribution in [2.75, 3.05) is 0 Å². The van der Waals surface area contributed by atoms with Crippen molar-refractivity contribution in [1.29, 1.82) is 0 Å². The van der Waals surface area contributed by atoms with Crippen LogP contribution in [0.5, 0.6) is 0 Å². The van der Waals surface area contributed by atoms with Crippen LogP contribution in [0.25, 0.3) is 93.3 Å². The molecule has 10 aromatic rings. The monoisotopic (exact) mass is 669 g/mol. The molecule has 10 rings (SSSR count). The molecule has 0 spiro atoms. The summed E-state index contributed by atoms with van der Waals surface area (Å²) in [7, 11) is -0.375. The van der Waals surface area contributed by atoms with E-state index < -0.39 is 0 Å². The largest absolute Gasteiger partial charge is 0.219 e. The zero-order chi connectivity index (χ0) is 33.9. The maximum Gasteiger partial charge on any atom is 0.182 e. The molecule has 0 saturated heterocycles. The summed E-state index contributed by atoms with van der Waals surface area (Å²) >= 11 is 0. The number of aromatic nitrogens is 3.